The van der Waals surface area contributed by atoms with Gasteiger partial charge in [0.1, 0.15) is 0 Å². The van der Waals surface area contributed by atoms with E-state index in [2.05, 4.69) is 5.32 Å². The second-order valence-electron chi connectivity index (χ2n) is 2.10. The molecule has 0 bridgehead atoms. The highest BCUT2D eigenvalue weighted by molar-refractivity contribution is 5.77. The summed E-state index contributed by atoms with van der Waals surface area (Å²) in [4.78, 5) is 10.5. The fourth-order valence-corrected chi connectivity index (χ4v) is 0.809. The Hall–Kier alpha value is -0.570. The third kappa shape index (κ3) is 1.20. The van der Waals surface area contributed by atoms with Crippen molar-refractivity contribution in [3.63, 3.8) is 0 Å². The fraction of sp³-hybridized carbons (Fsp3) is 0.800. The van der Waals surface area contributed by atoms with Crippen LogP contribution in [0.2, 0.25) is 0 Å². The average Bonchev–Trinajstić information content (AvgIpc) is 1.64. The molecule has 0 aromatic heterocycles. The van der Waals surface area contributed by atoms with Crippen LogP contribution >= 0.6 is 0 Å². The van der Waals surface area contributed by atoms with Gasteiger partial charge in [-0.1, -0.05) is 0 Å². The van der Waals surface area contributed by atoms with Gasteiger partial charge in [0.25, 0.3) is 0 Å². The molecule has 3 heteroatoms. The maximum Gasteiger partial charge on any atom is 0.221 e. The van der Waals surface area contributed by atoms with E-state index < -0.39 is 0 Å². The van der Waals surface area contributed by atoms with Gasteiger partial charge in [0, 0.05) is 19.0 Å². The first-order valence-electron chi connectivity index (χ1n) is 2.81. The van der Waals surface area contributed by atoms with E-state index in [1.54, 1.807) is 0 Å². The van der Waals surface area contributed by atoms with Crippen molar-refractivity contribution in [2.45, 2.75) is 18.9 Å². The van der Waals surface area contributed by atoms with Gasteiger partial charge in [-0.2, -0.15) is 0 Å². The van der Waals surface area contributed by atoms with Crippen LogP contribution in [0.15, 0.2) is 0 Å². The lowest BCUT2D eigenvalue weighted by Gasteiger charge is -2.16. The maximum atomic E-state index is 10.5. The molecule has 0 aliphatic carbocycles. The van der Waals surface area contributed by atoms with Crippen LogP contribution in [0, 0.1) is 0 Å². The van der Waals surface area contributed by atoms with E-state index >= 15 is 0 Å². The lowest BCUT2D eigenvalue weighted by atomic mass is 10.1. The first-order valence-corrected chi connectivity index (χ1v) is 2.81. The molecule has 1 rings (SSSR count). The van der Waals surface area contributed by atoms with Crippen LogP contribution in [0.4, 0.5) is 0 Å². The van der Waals surface area contributed by atoms with Crippen LogP contribution in [-0.4, -0.2) is 18.5 Å². The Kier molecular flexibility index (Phi) is 1.48. The van der Waals surface area contributed by atoms with Gasteiger partial charge in [0.15, 0.2) is 0 Å². The van der Waals surface area contributed by atoms with E-state index in [-0.39, 0.29) is 11.9 Å². The Morgan fingerprint density at radius 2 is 2.50 bits per heavy atom. The van der Waals surface area contributed by atoms with Crippen LogP contribution in [0.1, 0.15) is 12.8 Å². The van der Waals surface area contributed by atoms with Crippen LogP contribution < -0.4 is 11.1 Å². The molecule has 0 aromatic rings. The van der Waals surface area contributed by atoms with Crippen LogP contribution in [0.5, 0.6) is 0 Å². The van der Waals surface area contributed by atoms with Crippen molar-refractivity contribution >= 4 is 5.91 Å². The van der Waals surface area contributed by atoms with Crippen molar-refractivity contribution in [3.05, 3.63) is 0 Å². The summed E-state index contributed by atoms with van der Waals surface area (Å²) in [5, 5.41) is 2.69. The zero-order chi connectivity index (χ0) is 5.98. The minimum Gasteiger partial charge on any atom is -0.356 e. The van der Waals surface area contributed by atoms with Crippen molar-refractivity contribution in [2.24, 2.45) is 5.73 Å². The first kappa shape index (κ1) is 5.56. The highest BCUT2D eigenvalue weighted by Crippen LogP contribution is 1.98. The highest BCUT2D eigenvalue weighted by atomic mass is 16.1. The third-order valence-electron chi connectivity index (χ3n) is 1.28. The summed E-state index contributed by atoms with van der Waals surface area (Å²) < 4.78 is 0. The Labute approximate surface area is 48.2 Å². The van der Waals surface area contributed by atoms with E-state index in [4.69, 9.17) is 5.73 Å². The molecule has 0 radical (unpaired) electrons. The molecule has 1 atom stereocenters. The fourth-order valence-electron chi connectivity index (χ4n) is 0.809. The van der Waals surface area contributed by atoms with E-state index in [1.165, 1.54) is 0 Å². The monoisotopic (exact) mass is 114 g/mol. The number of hydrogen-bond donors (Lipinski definition) is 2. The summed E-state index contributed by atoms with van der Waals surface area (Å²) in [6, 6.07) is 0.101. The Morgan fingerprint density at radius 1 is 1.75 bits per heavy atom. The molecular formula is C5H10N2O. The molecule has 1 amide bonds. The molecule has 0 aromatic carbocycles. The molecule has 1 fully saturated rings. The van der Waals surface area contributed by atoms with Gasteiger partial charge in [-0.15, -0.1) is 0 Å². The summed E-state index contributed by atoms with van der Waals surface area (Å²) in [6.07, 6.45) is 1.42. The predicted molar refractivity (Wildman–Crippen MR) is 30.2 cm³/mol. The Bertz CT molecular complexity index is 103. The number of amides is 1. The summed E-state index contributed by atoms with van der Waals surface area (Å²) in [5.74, 6) is 0.0868. The van der Waals surface area contributed by atoms with E-state index in [9.17, 15) is 4.79 Å². The van der Waals surface area contributed by atoms with Gasteiger partial charge in [-0.25, -0.2) is 0 Å². The zero-order valence-corrected chi connectivity index (χ0v) is 4.68. The van der Waals surface area contributed by atoms with E-state index in [1.807, 2.05) is 0 Å². The molecule has 0 spiro atoms. The molecular weight excluding hydrogens is 104 g/mol. The van der Waals surface area contributed by atoms with Crippen molar-refractivity contribution in [3.8, 4) is 0 Å². The molecule has 8 heavy (non-hydrogen) atoms. The van der Waals surface area contributed by atoms with Crippen molar-refractivity contribution in [1.82, 2.24) is 5.32 Å². The van der Waals surface area contributed by atoms with Gasteiger partial charge in [0.2, 0.25) is 5.91 Å². The summed E-state index contributed by atoms with van der Waals surface area (Å²) in [5.41, 5.74) is 5.46. The molecule has 3 N–H and O–H groups in total. The number of hydrogen-bond acceptors (Lipinski definition) is 2. The standard InChI is InChI=1S/C5H10N2O/c6-4-1-2-7-5(8)3-4/h4H,1-3,6H2,(H,7,8). The van der Waals surface area contributed by atoms with Gasteiger partial charge < -0.3 is 11.1 Å². The lowest BCUT2D eigenvalue weighted by Crippen LogP contribution is -2.40. The van der Waals surface area contributed by atoms with Crippen LogP contribution in [0.3, 0.4) is 0 Å². The number of nitrogens with one attached hydrogen (secondary N) is 1. The molecule has 46 valence electrons. The van der Waals surface area contributed by atoms with Gasteiger partial charge in [0.05, 0.1) is 0 Å². The van der Waals surface area contributed by atoms with Gasteiger partial charge in [-0.05, 0) is 6.42 Å². The number of rotatable bonds is 0. The number of nitrogens with two attached hydrogens (primary N) is 1. The number of piperidine rings is 1. The SMILES string of the molecule is NC1CCNC(=O)C1. The molecule has 1 heterocycles. The minimum atomic E-state index is 0.0868. The summed E-state index contributed by atoms with van der Waals surface area (Å²) in [6.45, 7) is 0.750. The first-order chi connectivity index (χ1) is 3.79. The number of carbonyl (C=O) groups excluding carboxylic acids is 1. The predicted octanol–water partition coefficient (Wildman–Crippen LogP) is -0.776. The number of carbonyl (C=O) groups is 1. The van der Waals surface area contributed by atoms with Crippen molar-refractivity contribution < 1.29 is 4.79 Å². The Morgan fingerprint density at radius 3 is 2.88 bits per heavy atom. The van der Waals surface area contributed by atoms with Crippen LogP contribution in [-0.2, 0) is 4.79 Å². The molecule has 0 saturated carbocycles. The van der Waals surface area contributed by atoms with E-state index in [0.717, 1.165) is 13.0 Å². The highest BCUT2D eigenvalue weighted by Gasteiger charge is 2.13. The average molecular weight is 114 g/mol. The molecule has 1 aliphatic heterocycles. The molecule has 1 unspecified atom stereocenters. The second kappa shape index (κ2) is 2.13. The smallest absolute Gasteiger partial charge is 0.221 e. The largest absolute Gasteiger partial charge is 0.356 e. The van der Waals surface area contributed by atoms with Gasteiger partial charge in [-0.3, -0.25) is 4.79 Å². The summed E-state index contributed by atoms with van der Waals surface area (Å²) in [7, 11) is 0. The molecule has 3 nitrogen and oxygen atoms in total. The normalized spacial score (nSPS) is 29.6. The lowest BCUT2D eigenvalue weighted by molar-refractivity contribution is -0.122. The van der Waals surface area contributed by atoms with Crippen molar-refractivity contribution in [1.29, 1.82) is 0 Å². The van der Waals surface area contributed by atoms with Gasteiger partial charge >= 0.3 is 0 Å². The van der Waals surface area contributed by atoms with Crippen molar-refractivity contribution in [2.75, 3.05) is 6.54 Å². The molecule has 1 aliphatic rings. The second-order valence-corrected chi connectivity index (χ2v) is 2.10. The van der Waals surface area contributed by atoms with Crippen LogP contribution in [0.25, 0.3) is 0 Å². The summed E-state index contributed by atoms with van der Waals surface area (Å²) >= 11 is 0. The Balaban J connectivity index is 2.34. The maximum absolute atomic E-state index is 10.5. The quantitative estimate of drug-likeness (QED) is 0.434. The zero-order valence-electron chi connectivity index (χ0n) is 4.68. The topological polar surface area (TPSA) is 55.1 Å². The van der Waals surface area contributed by atoms with E-state index in [0.29, 0.717) is 6.42 Å². The minimum absolute atomic E-state index is 0.0868. The third-order valence-corrected chi connectivity index (χ3v) is 1.28. The molecule has 1 saturated heterocycles.